The minimum Gasteiger partial charge on any atom is -0.351 e. The lowest BCUT2D eigenvalue weighted by Gasteiger charge is -2.24. The van der Waals surface area contributed by atoms with Crippen molar-refractivity contribution in [2.75, 3.05) is 12.8 Å². The van der Waals surface area contributed by atoms with Gasteiger partial charge in [-0.2, -0.15) is 0 Å². The molecule has 7 heteroatoms. The largest absolute Gasteiger partial charge is 0.351 e. The average Bonchev–Trinajstić information content (AvgIpc) is 2.33. The van der Waals surface area contributed by atoms with E-state index < -0.39 is 15.6 Å². The first-order chi connectivity index (χ1) is 9.57. The number of amides is 1. The number of nitrogens with one attached hydrogen (secondary N) is 2. The third kappa shape index (κ3) is 7.57. The molecule has 0 fully saturated rings. The molecule has 1 heterocycles. The Bertz CT molecular complexity index is 619. The van der Waals surface area contributed by atoms with Crippen LogP contribution in [0.3, 0.4) is 0 Å². The van der Waals surface area contributed by atoms with E-state index in [9.17, 15) is 13.2 Å². The lowest BCUT2D eigenvalue weighted by molar-refractivity contribution is -0.116. The molecule has 1 rings (SSSR count). The van der Waals surface area contributed by atoms with Gasteiger partial charge in [-0.15, -0.1) is 0 Å². The predicted octanol–water partition coefficient (Wildman–Crippen LogP) is 0.847. The van der Waals surface area contributed by atoms with E-state index >= 15 is 0 Å². The van der Waals surface area contributed by atoms with Crippen LogP contribution in [0.25, 0.3) is 6.08 Å². The van der Waals surface area contributed by atoms with Gasteiger partial charge in [0.25, 0.3) is 0 Å². The van der Waals surface area contributed by atoms with Crippen molar-refractivity contribution in [3.05, 3.63) is 35.7 Å². The number of hydrogen-bond donors (Lipinski definition) is 2. The van der Waals surface area contributed by atoms with Gasteiger partial charge in [0.05, 0.1) is 6.26 Å². The van der Waals surface area contributed by atoms with E-state index in [1.54, 1.807) is 26.1 Å². The maximum Gasteiger partial charge on any atom is 0.244 e. The Morgan fingerprint density at radius 1 is 1.38 bits per heavy atom. The number of carbonyl (C=O) groups excluding carboxylic acids is 1. The van der Waals surface area contributed by atoms with Crippen molar-refractivity contribution >= 4 is 22.0 Å². The first kappa shape index (κ1) is 17.3. The third-order valence-electron chi connectivity index (χ3n) is 2.53. The zero-order chi connectivity index (χ0) is 16.1. The van der Waals surface area contributed by atoms with E-state index in [2.05, 4.69) is 15.0 Å². The molecule has 0 unspecified atom stereocenters. The maximum absolute atomic E-state index is 11.7. The van der Waals surface area contributed by atoms with E-state index in [0.717, 1.165) is 17.5 Å². The molecule has 0 aliphatic heterocycles. The van der Waals surface area contributed by atoms with Gasteiger partial charge in [0.2, 0.25) is 15.9 Å². The van der Waals surface area contributed by atoms with Gasteiger partial charge in [-0.25, -0.2) is 13.1 Å². The molecule has 116 valence electrons. The van der Waals surface area contributed by atoms with E-state index in [4.69, 9.17) is 0 Å². The van der Waals surface area contributed by atoms with Crippen molar-refractivity contribution in [3.8, 4) is 0 Å². The van der Waals surface area contributed by atoms with E-state index in [1.165, 1.54) is 6.08 Å². The Morgan fingerprint density at radius 3 is 2.57 bits per heavy atom. The maximum atomic E-state index is 11.7. The van der Waals surface area contributed by atoms with Crippen molar-refractivity contribution in [1.29, 1.82) is 0 Å². The SMILES string of the molecule is Cc1ccc(C=CC(=O)NCC(C)(C)NS(C)(=O)=O)cn1. The number of aryl methyl sites for hydroxylation is 1. The summed E-state index contributed by atoms with van der Waals surface area (Å²) in [6, 6.07) is 3.72. The molecule has 1 aromatic rings. The Labute approximate surface area is 125 Å². The molecule has 0 bridgehead atoms. The average molecular weight is 311 g/mol. The smallest absolute Gasteiger partial charge is 0.244 e. The second-order valence-electron chi connectivity index (χ2n) is 5.54. The van der Waals surface area contributed by atoms with Crippen LogP contribution in [0, 0.1) is 6.92 Å². The molecule has 0 spiro atoms. The number of aromatic nitrogens is 1. The highest BCUT2D eigenvalue weighted by molar-refractivity contribution is 7.88. The Balaban J connectivity index is 2.52. The van der Waals surface area contributed by atoms with Crippen LogP contribution in [-0.4, -0.2) is 37.6 Å². The Morgan fingerprint density at radius 2 is 2.05 bits per heavy atom. The van der Waals surface area contributed by atoms with Gasteiger partial charge in [-0.3, -0.25) is 9.78 Å². The van der Waals surface area contributed by atoms with E-state index in [0.29, 0.717) is 0 Å². The van der Waals surface area contributed by atoms with Gasteiger partial charge in [-0.05, 0) is 38.5 Å². The number of rotatable bonds is 6. The molecule has 2 N–H and O–H groups in total. The minimum absolute atomic E-state index is 0.190. The molecule has 0 aromatic carbocycles. The van der Waals surface area contributed by atoms with Gasteiger partial charge < -0.3 is 5.32 Å². The summed E-state index contributed by atoms with van der Waals surface area (Å²) in [5.74, 6) is -0.293. The fraction of sp³-hybridized carbons (Fsp3) is 0.429. The third-order valence-corrected chi connectivity index (χ3v) is 3.45. The topological polar surface area (TPSA) is 88.2 Å². The first-order valence-corrected chi connectivity index (χ1v) is 8.34. The van der Waals surface area contributed by atoms with Crippen LogP contribution in [0.5, 0.6) is 0 Å². The normalized spacial score (nSPS) is 12.6. The summed E-state index contributed by atoms with van der Waals surface area (Å²) in [5, 5.41) is 2.65. The van der Waals surface area contributed by atoms with Crippen molar-refractivity contribution in [2.45, 2.75) is 26.3 Å². The van der Waals surface area contributed by atoms with Crippen LogP contribution in [0.2, 0.25) is 0 Å². The quantitative estimate of drug-likeness (QED) is 0.762. The fourth-order valence-corrected chi connectivity index (χ4v) is 2.73. The number of hydrogen-bond acceptors (Lipinski definition) is 4. The molecule has 0 aliphatic carbocycles. The minimum atomic E-state index is -3.32. The van der Waals surface area contributed by atoms with Crippen molar-refractivity contribution < 1.29 is 13.2 Å². The Hall–Kier alpha value is -1.73. The van der Waals surface area contributed by atoms with Crippen LogP contribution < -0.4 is 10.0 Å². The molecule has 1 amide bonds. The van der Waals surface area contributed by atoms with Gasteiger partial charge in [0.15, 0.2) is 0 Å². The van der Waals surface area contributed by atoms with E-state index in [-0.39, 0.29) is 12.5 Å². The van der Waals surface area contributed by atoms with Crippen LogP contribution in [-0.2, 0) is 14.8 Å². The summed E-state index contributed by atoms with van der Waals surface area (Å²) in [5.41, 5.74) is 0.983. The van der Waals surface area contributed by atoms with Crippen molar-refractivity contribution in [1.82, 2.24) is 15.0 Å². The highest BCUT2D eigenvalue weighted by atomic mass is 32.2. The van der Waals surface area contributed by atoms with Crippen LogP contribution >= 0.6 is 0 Å². The summed E-state index contributed by atoms with van der Waals surface area (Å²) in [7, 11) is -3.32. The molecule has 0 radical (unpaired) electrons. The standard InChI is InChI=1S/C14H21N3O3S/c1-11-5-6-12(9-15-11)7-8-13(18)16-10-14(2,3)17-21(4,19)20/h5-9,17H,10H2,1-4H3,(H,16,18). The molecule has 0 atom stereocenters. The summed E-state index contributed by atoms with van der Waals surface area (Å²) in [4.78, 5) is 15.8. The van der Waals surface area contributed by atoms with Gasteiger partial charge >= 0.3 is 0 Å². The Kier molecular flexibility index (Phi) is 5.62. The lowest BCUT2D eigenvalue weighted by Crippen LogP contribution is -2.50. The zero-order valence-electron chi connectivity index (χ0n) is 12.7. The number of pyridine rings is 1. The highest BCUT2D eigenvalue weighted by Crippen LogP contribution is 2.03. The van der Waals surface area contributed by atoms with E-state index in [1.807, 2.05) is 19.1 Å². The van der Waals surface area contributed by atoms with Gasteiger partial charge in [-0.1, -0.05) is 6.07 Å². The van der Waals surface area contributed by atoms with Gasteiger partial charge in [0, 0.05) is 30.1 Å². The fourth-order valence-electron chi connectivity index (χ4n) is 1.65. The number of sulfonamides is 1. The van der Waals surface area contributed by atoms with Crippen molar-refractivity contribution in [3.63, 3.8) is 0 Å². The molecule has 0 saturated carbocycles. The predicted molar refractivity (Wildman–Crippen MR) is 83.1 cm³/mol. The number of carbonyl (C=O) groups is 1. The first-order valence-electron chi connectivity index (χ1n) is 6.45. The zero-order valence-corrected chi connectivity index (χ0v) is 13.5. The highest BCUT2D eigenvalue weighted by Gasteiger charge is 2.22. The van der Waals surface area contributed by atoms with Crippen LogP contribution in [0.4, 0.5) is 0 Å². The number of nitrogens with zero attached hydrogens (tertiary/aromatic N) is 1. The molecule has 1 aromatic heterocycles. The summed E-state index contributed by atoms with van der Waals surface area (Å²) in [6.07, 6.45) is 5.80. The molecule has 0 aliphatic rings. The summed E-state index contributed by atoms with van der Waals surface area (Å²) < 4.78 is 24.8. The molecule has 21 heavy (non-hydrogen) atoms. The lowest BCUT2D eigenvalue weighted by atomic mass is 10.1. The summed E-state index contributed by atoms with van der Waals surface area (Å²) in [6.45, 7) is 5.47. The van der Waals surface area contributed by atoms with Crippen molar-refractivity contribution in [2.24, 2.45) is 0 Å². The molecular weight excluding hydrogens is 290 g/mol. The summed E-state index contributed by atoms with van der Waals surface area (Å²) >= 11 is 0. The second kappa shape index (κ2) is 6.82. The monoisotopic (exact) mass is 311 g/mol. The molecule has 6 nitrogen and oxygen atoms in total. The second-order valence-corrected chi connectivity index (χ2v) is 7.29. The van der Waals surface area contributed by atoms with Gasteiger partial charge in [0.1, 0.15) is 0 Å². The van der Waals surface area contributed by atoms with Crippen LogP contribution in [0.15, 0.2) is 24.4 Å². The van der Waals surface area contributed by atoms with Crippen LogP contribution in [0.1, 0.15) is 25.1 Å². The molecular formula is C14H21N3O3S. The molecule has 0 saturated heterocycles.